The number of methoxy groups -OCH3 is 1. The lowest BCUT2D eigenvalue weighted by Crippen LogP contribution is -2.47. The van der Waals surface area contributed by atoms with Gasteiger partial charge in [-0.2, -0.15) is 5.26 Å². The zero-order valence-corrected chi connectivity index (χ0v) is 13.5. The van der Waals surface area contributed by atoms with Gasteiger partial charge in [-0.1, -0.05) is 23.2 Å². The number of nitrogens with zero attached hydrogens (tertiary/aromatic N) is 3. The molecule has 1 aromatic rings. The topological polar surface area (TPSA) is 79.6 Å². The predicted molar refractivity (Wildman–Crippen MR) is 84.3 cm³/mol. The molecular formula is C15H20N3O3S-. The lowest BCUT2D eigenvalue weighted by atomic mass is 10.1. The standard InChI is InChI=1S/C15H21N3O3S/c1-21-10-9-17-5-7-18(8-6-17)15-4-2-3-13(12-22(19)20)14(15)11-16/h2-4H,5-10,12H2,1H3,(H,19,20)/p-1. The zero-order valence-electron chi connectivity index (χ0n) is 12.7. The molecule has 120 valence electrons. The van der Waals surface area contributed by atoms with Crippen molar-refractivity contribution < 1.29 is 13.5 Å². The van der Waals surface area contributed by atoms with Crippen LogP contribution in [0.3, 0.4) is 0 Å². The van der Waals surface area contributed by atoms with Crippen LogP contribution in [0.2, 0.25) is 0 Å². The van der Waals surface area contributed by atoms with E-state index in [1.807, 2.05) is 12.1 Å². The summed E-state index contributed by atoms with van der Waals surface area (Å²) in [7, 11) is 1.70. The van der Waals surface area contributed by atoms with Crippen LogP contribution in [0.4, 0.5) is 5.69 Å². The van der Waals surface area contributed by atoms with Gasteiger partial charge in [-0.25, -0.2) is 0 Å². The van der Waals surface area contributed by atoms with Gasteiger partial charge >= 0.3 is 0 Å². The van der Waals surface area contributed by atoms with E-state index >= 15 is 0 Å². The highest BCUT2D eigenvalue weighted by Gasteiger charge is 2.20. The molecule has 1 fully saturated rings. The summed E-state index contributed by atoms with van der Waals surface area (Å²) in [5.41, 5.74) is 1.86. The smallest absolute Gasteiger partial charge is 0.102 e. The Morgan fingerprint density at radius 1 is 1.36 bits per heavy atom. The second kappa shape index (κ2) is 8.25. The van der Waals surface area contributed by atoms with Crippen molar-refractivity contribution in [2.75, 3.05) is 51.3 Å². The predicted octanol–water partition coefficient (Wildman–Crippen LogP) is 0.706. The third-order valence-corrected chi connectivity index (χ3v) is 4.39. The Kier molecular flexibility index (Phi) is 6.34. The monoisotopic (exact) mass is 322 g/mol. The van der Waals surface area contributed by atoms with Gasteiger partial charge in [-0.15, -0.1) is 0 Å². The van der Waals surface area contributed by atoms with E-state index in [1.54, 1.807) is 13.2 Å². The first-order chi connectivity index (χ1) is 10.7. The van der Waals surface area contributed by atoms with Crippen molar-refractivity contribution >= 4 is 16.8 Å². The minimum atomic E-state index is -2.19. The summed E-state index contributed by atoms with van der Waals surface area (Å²) in [4.78, 5) is 4.47. The van der Waals surface area contributed by atoms with Gasteiger partial charge in [0.2, 0.25) is 0 Å². The molecule has 1 aromatic carbocycles. The second-order valence-electron chi connectivity index (χ2n) is 5.19. The Labute approximate surface area is 133 Å². The highest BCUT2D eigenvalue weighted by molar-refractivity contribution is 7.78. The number of piperazine rings is 1. The van der Waals surface area contributed by atoms with Crippen molar-refractivity contribution in [3.63, 3.8) is 0 Å². The number of hydrogen-bond donors (Lipinski definition) is 0. The van der Waals surface area contributed by atoms with Gasteiger partial charge in [0.05, 0.1) is 17.9 Å². The summed E-state index contributed by atoms with van der Waals surface area (Å²) < 4.78 is 26.9. The second-order valence-corrected chi connectivity index (χ2v) is 6.09. The highest BCUT2D eigenvalue weighted by Crippen LogP contribution is 2.25. The molecule has 22 heavy (non-hydrogen) atoms. The average molecular weight is 322 g/mol. The molecule has 0 aliphatic carbocycles. The summed E-state index contributed by atoms with van der Waals surface area (Å²) in [5.74, 6) is -0.120. The molecule has 7 heteroatoms. The molecule has 1 heterocycles. The minimum absolute atomic E-state index is 0.120. The SMILES string of the molecule is COCCN1CCN(c2cccc(CS(=O)[O-])c2C#N)CC1. The molecule has 0 N–H and O–H groups in total. The Bertz CT molecular complexity index is 566. The van der Waals surface area contributed by atoms with E-state index in [4.69, 9.17) is 4.74 Å². The molecule has 6 nitrogen and oxygen atoms in total. The molecule has 1 unspecified atom stereocenters. The van der Waals surface area contributed by atoms with E-state index in [1.165, 1.54) is 0 Å². The number of rotatable bonds is 6. The maximum absolute atomic E-state index is 10.9. The fraction of sp³-hybridized carbons (Fsp3) is 0.533. The van der Waals surface area contributed by atoms with Gasteiger partial charge in [0.15, 0.2) is 0 Å². The summed E-state index contributed by atoms with van der Waals surface area (Å²) >= 11 is -2.19. The van der Waals surface area contributed by atoms with Crippen LogP contribution in [0.15, 0.2) is 18.2 Å². The quantitative estimate of drug-likeness (QED) is 0.718. The van der Waals surface area contributed by atoms with E-state index in [0.717, 1.165) is 38.4 Å². The summed E-state index contributed by atoms with van der Waals surface area (Å²) in [6.07, 6.45) is 0. The van der Waals surface area contributed by atoms with Crippen LogP contribution in [0.5, 0.6) is 0 Å². The number of ether oxygens (including phenoxy) is 1. The normalized spacial score (nSPS) is 17.2. The van der Waals surface area contributed by atoms with Gasteiger partial charge in [-0.05, 0) is 11.6 Å². The Balaban J connectivity index is 2.10. The lowest BCUT2D eigenvalue weighted by molar-refractivity contribution is 0.144. The van der Waals surface area contributed by atoms with Crippen molar-refractivity contribution in [2.45, 2.75) is 5.75 Å². The summed E-state index contributed by atoms with van der Waals surface area (Å²) in [5, 5.41) is 9.41. The first-order valence-corrected chi connectivity index (χ1v) is 8.44. The molecule has 0 spiro atoms. The van der Waals surface area contributed by atoms with Crippen LogP contribution in [0.25, 0.3) is 0 Å². The lowest BCUT2D eigenvalue weighted by Gasteiger charge is -2.36. The van der Waals surface area contributed by atoms with Crippen molar-refractivity contribution in [2.24, 2.45) is 0 Å². The third kappa shape index (κ3) is 4.27. The van der Waals surface area contributed by atoms with E-state index in [2.05, 4.69) is 15.9 Å². The molecule has 0 amide bonds. The van der Waals surface area contributed by atoms with Crippen LogP contribution in [0, 0.1) is 11.3 Å². The maximum atomic E-state index is 10.9. The van der Waals surface area contributed by atoms with Crippen molar-refractivity contribution in [1.29, 1.82) is 5.26 Å². The molecule has 0 bridgehead atoms. The number of hydrogen-bond acceptors (Lipinski definition) is 6. The number of anilines is 1. The number of benzene rings is 1. The van der Waals surface area contributed by atoms with Crippen molar-refractivity contribution in [3.05, 3.63) is 29.3 Å². The van der Waals surface area contributed by atoms with Gasteiger partial charge < -0.3 is 14.2 Å². The Morgan fingerprint density at radius 2 is 2.09 bits per heavy atom. The van der Waals surface area contributed by atoms with Gasteiger partial charge in [0, 0.05) is 45.6 Å². The summed E-state index contributed by atoms with van der Waals surface area (Å²) in [6.45, 7) is 5.08. The zero-order chi connectivity index (χ0) is 15.9. The molecule has 1 aliphatic rings. The fourth-order valence-corrected chi connectivity index (χ4v) is 3.15. The first kappa shape index (κ1) is 16.9. The van der Waals surface area contributed by atoms with Crippen LogP contribution in [-0.4, -0.2) is 60.1 Å². The van der Waals surface area contributed by atoms with Crippen LogP contribution < -0.4 is 4.90 Å². The van der Waals surface area contributed by atoms with E-state index in [0.29, 0.717) is 17.7 Å². The number of nitriles is 1. The summed E-state index contributed by atoms with van der Waals surface area (Å²) in [6, 6.07) is 7.57. The van der Waals surface area contributed by atoms with Gasteiger partial charge in [0.25, 0.3) is 0 Å². The van der Waals surface area contributed by atoms with Gasteiger partial charge in [-0.3, -0.25) is 9.11 Å². The molecule has 1 atom stereocenters. The fourth-order valence-electron chi connectivity index (χ4n) is 2.66. The van der Waals surface area contributed by atoms with E-state index < -0.39 is 11.1 Å². The molecule has 0 radical (unpaired) electrons. The maximum Gasteiger partial charge on any atom is 0.102 e. The Hall–Kier alpha value is -1.46. The molecular weight excluding hydrogens is 302 g/mol. The molecule has 0 saturated carbocycles. The first-order valence-electron chi connectivity index (χ1n) is 7.19. The van der Waals surface area contributed by atoms with Crippen LogP contribution in [-0.2, 0) is 21.6 Å². The average Bonchev–Trinajstić information content (AvgIpc) is 2.52. The van der Waals surface area contributed by atoms with Crippen LogP contribution >= 0.6 is 0 Å². The largest absolute Gasteiger partial charge is 0.772 e. The van der Waals surface area contributed by atoms with E-state index in [-0.39, 0.29) is 5.75 Å². The van der Waals surface area contributed by atoms with Crippen molar-refractivity contribution in [3.8, 4) is 6.07 Å². The molecule has 2 rings (SSSR count). The molecule has 1 saturated heterocycles. The van der Waals surface area contributed by atoms with Gasteiger partial charge in [0.1, 0.15) is 6.07 Å². The van der Waals surface area contributed by atoms with Crippen molar-refractivity contribution in [1.82, 2.24) is 4.90 Å². The van der Waals surface area contributed by atoms with Crippen LogP contribution in [0.1, 0.15) is 11.1 Å². The molecule has 1 aliphatic heterocycles. The highest BCUT2D eigenvalue weighted by atomic mass is 32.2. The third-order valence-electron chi connectivity index (χ3n) is 3.84. The van der Waals surface area contributed by atoms with E-state index in [9.17, 15) is 14.0 Å². The Morgan fingerprint density at radius 3 is 2.68 bits per heavy atom. The molecule has 0 aromatic heterocycles. The minimum Gasteiger partial charge on any atom is -0.772 e.